The molecule has 0 saturated heterocycles. The van der Waals surface area contributed by atoms with Crippen molar-refractivity contribution in [3.05, 3.63) is 42.2 Å². The number of benzene rings is 1. The third-order valence-electron chi connectivity index (χ3n) is 3.05. The third-order valence-corrected chi connectivity index (χ3v) is 3.05. The van der Waals surface area contributed by atoms with Crippen LogP contribution >= 0.6 is 0 Å². The normalized spacial score (nSPS) is 10.9. The lowest BCUT2D eigenvalue weighted by molar-refractivity contribution is 0.199. The first-order chi connectivity index (χ1) is 8.92. The maximum atomic E-state index is 4.99. The van der Waals surface area contributed by atoms with E-state index in [0.29, 0.717) is 0 Å². The van der Waals surface area contributed by atoms with Crippen LogP contribution in [0.25, 0.3) is 10.8 Å². The molecule has 18 heavy (non-hydrogen) atoms. The highest BCUT2D eigenvalue weighted by Crippen LogP contribution is 2.18. The molecule has 0 saturated carbocycles. The molecule has 0 spiro atoms. The number of aryl methyl sites for hydroxylation is 1. The lowest BCUT2D eigenvalue weighted by Crippen LogP contribution is -2.20. The van der Waals surface area contributed by atoms with Crippen LogP contribution in [0.5, 0.6) is 0 Å². The molecule has 1 aromatic carbocycles. The van der Waals surface area contributed by atoms with Crippen LogP contribution in [0.4, 0.5) is 0 Å². The van der Waals surface area contributed by atoms with Crippen molar-refractivity contribution in [1.82, 2.24) is 10.3 Å². The summed E-state index contributed by atoms with van der Waals surface area (Å²) in [6.45, 7) is 2.74. The van der Waals surface area contributed by atoms with Crippen LogP contribution < -0.4 is 5.32 Å². The van der Waals surface area contributed by atoms with Crippen LogP contribution in [0.15, 0.2) is 36.7 Å². The summed E-state index contributed by atoms with van der Waals surface area (Å²) in [7, 11) is 1.73. The van der Waals surface area contributed by atoms with E-state index < -0.39 is 0 Å². The van der Waals surface area contributed by atoms with Crippen molar-refractivity contribution < 1.29 is 4.74 Å². The van der Waals surface area contributed by atoms with Crippen molar-refractivity contribution in [2.75, 3.05) is 26.8 Å². The first-order valence-electron chi connectivity index (χ1n) is 6.43. The second-order valence-electron chi connectivity index (χ2n) is 4.36. The fraction of sp³-hybridized carbons (Fsp3) is 0.400. The third kappa shape index (κ3) is 3.52. The van der Waals surface area contributed by atoms with Crippen LogP contribution in [-0.4, -0.2) is 31.8 Å². The second kappa shape index (κ2) is 7.09. The van der Waals surface area contributed by atoms with E-state index in [-0.39, 0.29) is 0 Å². The minimum atomic E-state index is 0.778. The molecule has 0 bridgehead atoms. The van der Waals surface area contributed by atoms with Crippen LogP contribution in [0.2, 0.25) is 0 Å². The SMILES string of the molecule is COCCNCCCc1cccc2cnccc12. The Balaban J connectivity index is 1.88. The van der Waals surface area contributed by atoms with Gasteiger partial charge in [0.1, 0.15) is 0 Å². The number of hydrogen-bond donors (Lipinski definition) is 1. The molecule has 0 aliphatic heterocycles. The minimum absolute atomic E-state index is 0.778. The molecule has 0 atom stereocenters. The lowest BCUT2D eigenvalue weighted by Gasteiger charge is -2.07. The number of aromatic nitrogens is 1. The van der Waals surface area contributed by atoms with Gasteiger partial charge in [-0.3, -0.25) is 4.98 Å². The molecular weight excluding hydrogens is 224 g/mol. The van der Waals surface area contributed by atoms with Gasteiger partial charge in [-0.1, -0.05) is 18.2 Å². The van der Waals surface area contributed by atoms with Crippen LogP contribution in [-0.2, 0) is 11.2 Å². The summed E-state index contributed by atoms with van der Waals surface area (Å²) < 4.78 is 4.99. The van der Waals surface area contributed by atoms with Crippen molar-refractivity contribution in [1.29, 1.82) is 0 Å². The maximum Gasteiger partial charge on any atom is 0.0587 e. The predicted octanol–water partition coefficient (Wildman–Crippen LogP) is 2.40. The fourth-order valence-corrected chi connectivity index (χ4v) is 2.11. The van der Waals surface area contributed by atoms with E-state index in [0.717, 1.165) is 32.5 Å². The van der Waals surface area contributed by atoms with Gasteiger partial charge in [0.05, 0.1) is 6.61 Å². The Labute approximate surface area is 108 Å². The van der Waals surface area contributed by atoms with Gasteiger partial charge in [-0.2, -0.15) is 0 Å². The minimum Gasteiger partial charge on any atom is -0.383 e. The average Bonchev–Trinajstić information content (AvgIpc) is 2.43. The highest BCUT2D eigenvalue weighted by Gasteiger charge is 2.00. The van der Waals surface area contributed by atoms with Crippen molar-refractivity contribution in [2.24, 2.45) is 0 Å². The molecule has 0 radical (unpaired) electrons. The highest BCUT2D eigenvalue weighted by atomic mass is 16.5. The van der Waals surface area contributed by atoms with Crippen LogP contribution in [0.3, 0.4) is 0 Å². The Morgan fingerprint density at radius 1 is 1.22 bits per heavy atom. The summed E-state index contributed by atoms with van der Waals surface area (Å²) in [5.74, 6) is 0. The summed E-state index contributed by atoms with van der Waals surface area (Å²) >= 11 is 0. The molecule has 0 unspecified atom stereocenters. The number of ether oxygens (including phenoxy) is 1. The molecule has 1 heterocycles. The summed E-state index contributed by atoms with van der Waals surface area (Å²) in [6.07, 6.45) is 6.03. The van der Waals surface area contributed by atoms with E-state index in [1.54, 1.807) is 7.11 Å². The lowest BCUT2D eigenvalue weighted by atomic mass is 10.0. The van der Waals surface area contributed by atoms with Crippen molar-refractivity contribution in [3.63, 3.8) is 0 Å². The largest absolute Gasteiger partial charge is 0.383 e. The van der Waals surface area contributed by atoms with Gasteiger partial charge in [0.15, 0.2) is 0 Å². The molecular formula is C15H20N2O. The van der Waals surface area contributed by atoms with Gasteiger partial charge in [0.2, 0.25) is 0 Å². The monoisotopic (exact) mass is 244 g/mol. The molecule has 2 rings (SSSR count). The fourth-order valence-electron chi connectivity index (χ4n) is 2.11. The van der Waals surface area contributed by atoms with Crippen LogP contribution in [0.1, 0.15) is 12.0 Å². The topological polar surface area (TPSA) is 34.1 Å². The average molecular weight is 244 g/mol. The molecule has 0 aliphatic rings. The van der Waals surface area contributed by atoms with Crippen molar-refractivity contribution in [2.45, 2.75) is 12.8 Å². The predicted molar refractivity (Wildman–Crippen MR) is 74.8 cm³/mol. The smallest absolute Gasteiger partial charge is 0.0587 e. The van der Waals surface area contributed by atoms with Gasteiger partial charge in [-0.05, 0) is 36.4 Å². The Morgan fingerprint density at radius 2 is 2.17 bits per heavy atom. The first-order valence-corrected chi connectivity index (χ1v) is 6.43. The molecule has 1 N–H and O–H groups in total. The molecule has 96 valence electrons. The molecule has 3 nitrogen and oxygen atoms in total. The quantitative estimate of drug-likeness (QED) is 0.759. The van der Waals surface area contributed by atoms with E-state index >= 15 is 0 Å². The van der Waals surface area contributed by atoms with Crippen molar-refractivity contribution >= 4 is 10.8 Å². The number of nitrogens with one attached hydrogen (secondary N) is 1. The Morgan fingerprint density at radius 3 is 3.06 bits per heavy atom. The number of fused-ring (bicyclic) bond motifs is 1. The standard InChI is InChI=1S/C15H20N2O/c1-18-11-10-16-8-3-6-13-4-2-5-14-12-17-9-7-15(13)14/h2,4-5,7,9,12,16H,3,6,8,10-11H2,1H3. The van der Waals surface area contributed by atoms with Gasteiger partial charge in [-0.15, -0.1) is 0 Å². The Kier molecular flexibility index (Phi) is 5.12. The summed E-state index contributed by atoms with van der Waals surface area (Å²) in [4.78, 5) is 4.16. The molecule has 3 heteroatoms. The number of methoxy groups -OCH3 is 1. The molecule has 2 aromatic rings. The molecule has 0 aliphatic carbocycles. The van der Waals surface area contributed by atoms with Gasteiger partial charge >= 0.3 is 0 Å². The molecule has 0 fully saturated rings. The van der Waals surface area contributed by atoms with E-state index in [4.69, 9.17) is 4.74 Å². The van der Waals surface area contributed by atoms with Gasteiger partial charge in [0.25, 0.3) is 0 Å². The highest BCUT2D eigenvalue weighted by molar-refractivity contribution is 5.84. The summed E-state index contributed by atoms with van der Waals surface area (Å²) in [5, 5.41) is 5.92. The Hall–Kier alpha value is -1.45. The first kappa shape index (κ1) is 13.0. The van der Waals surface area contributed by atoms with E-state index in [1.807, 2.05) is 12.4 Å². The second-order valence-corrected chi connectivity index (χ2v) is 4.36. The molecule has 0 amide bonds. The van der Waals surface area contributed by atoms with Gasteiger partial charge in [-0.25, -0.2) is 0 Å². The number of rotatable bonds is 7. The van der Waals surface area contributed by atoms with Crippen molar-refractivity contribution in [3.8, 4) is 0 Å². The number of nitrogens with zero attached hydrogens (tertiary/aromatic N) is 1. The summed E-state index contributed by atoms with van der Waals surface area (Å²) in [5.41, 5.74) is 1.41. The van der Waals surface area contributed by atoms with E-state index in [2.05, 4.69) is 34.6 Å². The van der Waals surface area contributed by atoms with Gasteiger partial charge in [0, 0.05) is 31.4 Å². The zero-order valence-electron chi connectivity index (χ0n) is 10.9. The van der Waals surface area contributed by atoms with E-state index in [9.17, 15) is 0 Å². The molecule has 1 aromatic heterocycles. The number of hydrogen-bond acceptors (Lipinski definition) is 3. The maximum absolute atomic E-state index is 4.99. The van der Waals surface area contributed by atoms with Gasteiger partial charge < -0.3 is 10.1 Å². The summed E-state index contributed by atoms with van der Waals surface area (Å²) in [6, 6.07) is 8.53. The number of pyridine rings is 1. The van der Waals surface area contributed by atoms with Crippen LogP contribution in [0, 0.1) is 0 Å². The Bertz CT molecular complexity index is 479. The van der Waals surface area contributed by atoms with E-state index in [1.165, 1.54) is 16.3 Å². The zero-order valence-corrected chi connectivity index (χ0v) is 10.9. The zero-order chi connectivity index (χ0) is 12.6.